The van der Waals surface area contributed by atoms with Crippen molar-refractivity contribution in [1.29, 1.82) is 0 Å². The Morgan fingerprint density at radius 2 is 2.45 bits per heavy atom. The van der Waals surface area contributed by atoms with E-state index in [1.807, 2.05) is 0 Å². The van der Waals surface area contributed by atoms with Crippen molar-refractivity contribution in [1.82, 2.24) is 4.98 Å². The first-order valence-electron chi connectivity index (χ1n) is 4.27. The van der Waals surface area contributed by atoms with E-state index in [0.717, 1.165) is 7.28 Å². The van der Waals surface area contributed by atoms with Gasteiger partial charge in [0.1, 0.15) is 0 Å². The molecule has 56 valence electrons. The molecule has 0 radical (unpaired) electrons. The Balaban J connectivity index is 2.42. The summed E-state index contributed by atoms with van der Waals surface area (Å²) in [7, 11) is 1.11. The van der Waals surface area contributed by atoms with Gasteiger partial charge in [0.25, 0.3) is 0 Å². The largest absolute Gasteiger partial charge is 0.367 e. The van der Waals surface area contributed by atoms with Gasteiger partial charge in [-0.05, 0) is 36.1 Å². The van der Waals surface area contributed by atoms with Gasteiger partial charge in [0.2, 0.25) is 0 Å². The van der Waals surface area contributed by atoms with Crippen LogP contribution >= 0.6 is 0 Å². The number of aryl methyl sites for hydroxylation is 1. The zero-order valence-corrected chi connectivity index (χ0v) is 6.85. The van der Waals surface area contributed by atoms with Crippen LogP contribution < -0.4 is 5.59 Å². The Hall–Kier alpha value is -0.915. The fourth-order valence-electron chi connectivity index (χ4n) is 1.56. The number of nitrogens with one attached hydrogen (secondary N) is 1. The lowest BCUT2D eigenvalue weighted by molar-refractivity contribution is 0.985. The Kier molecular flexibility index (Phi) is 1.61. The lowest BCUT2D eigenvalue weighted by atomic mass is 9.78. The second kappa shape index (κ2) is 2.61. The lowest BCUT2D eigenvalue weighted by Gasteiger charge is -2.01. The second-order valence-corrected chi connectivity index (χ2v) is 3.03. The summed E-state index contributed by atoms with van der Waals surface area (Å²) in [6.45, 7) is 2.18. The van der Waals surface area contributed by atoms with E-state index in [-0.39, 0.29) is 0 Å². The first-order chi connectivity index (χ1) is 5.40. The molecule has 2 heteroatoms. The minimum absolute atomic E-state index is 1.11. The zero-order chi connectivity index (χ0) is 7.68. The molecule has 0 saturated carbocycles. The summed E-state index contributed by atoms with van der Waals surface area (Å²) in [5, 5.41) is 0. The van der Waals surface area contributed by atoms with Crippen LogP contribution in [0.4, 0.5) is 0 Å². The van der Waals surface area contributed by atoms with Crippen molar-refractivity contribution in [2.45, 2.75) is 19.7 Å². The third-order valence-electron chi connectivity index (χ3n) is 2.24. The molecule has 0 atom stereocenters. The molecule has 11 heavy (non-hydrogen) atoms. The zero-order valence-electron chi connectivity index (χ0n) is 6.85. The number of fused-ring (bicyclic) bond motifs is 1. The molecule has 0 amide bonds. The van der Waals surface area contributed by atoms with Crippen LogP contribution in [-0.2, 0) is 6.42 Å². The van der Waals surface area contributed by atoms with Crippen LogP contribution in [0.5, 0.6) is 0 Å². The third-order valence-corrected chi connectivity index (χ3v) is 2.24. The van der Waals surface area contributed by atoms with Gasteiger partial charge < -0.3 is 4.98 Å². The fourth-order valence-corrected chi connectivity index (χ4v) is 1.56. The number of hydrogen-bond donors (Lipinski definition) is 1. The number of aromatic nitrogens is 1. The maximum absolute atomic E-state index is 3.40. The number of aromatic amines is 1. The molecule has 1 aromatic rings. The van der Waals surface area contributed by atoms with Gasteiger partial charge in [0.15, 0.2) is 7.28 Å². The van der Waals surface area contributed by atoms with Gasteiger partial charge in [0, 0.05) is 5.69 Å². The van der Waals surface area contributed by atoms with E-state index in [1.165, 1.54) is 29.7 Å². The van der Waals surface area contributed by atoms with Crippen molar-refractivity contribution in [2.75, 3.05) is 0 Å². The van der Waals surface area contributed by atoms with Gasteiger partial charge in [-0.1, -0.05) is 12.9 Å². The second-order valence-electron chi connectivity index (χ2n) is 3.03. The highest BCUT2D eigenvalue weighted by Gasteiger charge is 2.06. The number of hydrogen-bond acceptors (Lipinski definition) is 0. The van der Waals surface area contributed by atoms with Crippen molar-refractivity contribution < 1.29 is 0 Å². The van der Waals surface area contributed by atoms with Crippen LogP contribution in [0, 0.1) is 0 Å². The highest BCUT2D eigenvalue weighted by atomic mass is 14.7. The molecular formula is C9H12BN. The molecule has 1 aromatic heterocycles. The molecule has 0 bridgehead atoms. The van der Waals surface area contributed by atoms with Gasteiger partial charge >= 0.3 is 0 Å². The Morgan fingerprint density at radius 3 is 3.18 bits per heavy atom. The molecule has 0 fully saturated rings. The van der Waals surface area contributed by atoms with E-state index in [4.69, 9.17) is 0 Å². The fraction of sp³-hybridized carbons (Fsp3) is 0.333. The van der Waals surface area contributed by atoms with E-state index in [1.54, 1.807) is 0 Å². The van der Waals surface area contributed by atoms with Crippen LogP contribution in [0.3, 0.4) is 0 Å². The smallest absolute Gasteiger partial charge is 0.175 e. The van der Waals surface area contributed by atoms with Gasteiger partial charge in [-0.3, -0.25) is 0 Å². The van der Waals surface area contributed by atoms with E-state index in [9.17, 15) is 0 Å². The summed E-state index contributed by atoms with van der Waals surface area (Å²) in [6.07, 6.45) is 6.84. The number of H-pyrrole nitrogens is 1. The Labute approximate surface area is 67.8 Å². The highest BCUT2D eigenvalue weighted by Crippen LogP contribution is 2.15. The minimum atomic E-state index is 1.11. The van der Waals surface area contributed by atoms with E-state index < -0.39 is 0 Å². The molecule has 0 saturated heterocycles. The van der Waals surface area contributed by atoms with Gasteiger partial charge in [-0.25, -0.2) is 0 Å². The molecule has 1 N–H and O–H groups in total. The van der Waals surface area contributed by atoms with Crippen LogP contribution in [0.25, 0.3) is 6.08 Å². The van der Waals surface area contributed by atoms with Crippen LogP contribution in [0.2, 0.25) is 6.82 Å². The summed E-state index contributed by atoms with van der Waals surface area (Å²) in [6, 6.07) is 2.29. The van der Waals surface area contributed by atoms with Crippen LogP contribution in [0.1, 0.15) is 17.7 Å². The molecule has 0 aromatic carbocycles. The van der Waals surface area contributed by atoms with E-state index in [2.05, 4.69) is 30.0 Å². The van der Waals surface area contributed by atoms with Crippen LogP contribution in [-0.4, -0.2) is 12.3 Å². The summed E-state index contributed by atoms with van der Waals surface area (Å²) in [4.78, 5) is 3.40. The first kappa shape index (κ1) is 6.77. The summed E-state index contributed by atoms with van der Waals surface area (Å²) < 4.78 is 0. The maximum Gasteiger partial charge on any atom is 0.175 e. The quantitative estimate of drug-likeness (QED) is 0.569. The Bertz CT molecular complexity index is 286. The van der Waals surface area contributed by atoms with E-state index >= 15 is 0 Å². The summed E-state index contributed by atoms with van der Waals surface area (Å²) >= 11 is 0. The highest BCUT2D eigenvalue weighted by molar-refractivity contribution is 6.50. The molecule has 1 heterocycles. The predicted molar refractivity (Wildman–Crippen MR) is 50.8 cm³/mol. The Morgan fingerprint density at radius 1 is 1.55 bits per heavy atom. The number of allylic oxidation sites excluding steroid dienone is 1. The monoisotopic (exact) mass is 145 g/mol. The van der Waals surface area contributed by atoms with Crippen LogP contribution in [0.15, 0.2) is 12.1 Å². The molecule has 1 aliphatic carbocycles. The molecule has 0 unspecified atom stereocenters. The molecule has 2 rings (SSSR count). The maximum atomic E-state index is 3.40. The average molecular weight is 145 g/mol. The van der Waals surface area contributed by atoms with Gasteiger partial charge in [-0.15, -0.1) is 0 Å². The normalized spacial score (nSPS) is 14.6. The third kappa shape index (κ3) is 1.13. The van der Waals surface area contributed by atoms with Crippen molar-refractivity contribution in [3.8, 4) is 0 Å². The SMILES string of the molecule is CBc1cc2c([nH]1)C=CCC2. The summed E-state index contributed by atoms with van der Waals surface area (Å²) in [5.41, 5.74) is 4.18. The predicted octanol–water partition coefficient (Wildman–Crippen LogP) is 1.08. The number of rotatable bonds is 1. The van der Waals surface area contributed by atoms with Crippen molar-refractivity contribution in [2.24, 2.45) is 0 Å². The first-order valence-corrected chi connectivity index (χ1v) is 4.27. The molecule has 0 aliphatic heterocycles. The average Bonchev–Trinajstić information content (AvgIpc) is 2.46. The standard InChI is InChI=1S/C9H12BN/c1-10-9-6-7-4-2-3-5-8(7)11-9/h3,5-6,10-11H,2,4H2,1H3. The van der Waals surface area contributed by atoms with Crippen molar-refractivity contribution in [3.63, 3.8) is 0 Å². The summed E-state index contributed by atoms with van der Waals surface area (Å²) in [5.74, 6) is 0. The lowest BCUT2D eigenvalue weighted by Crippen LogP contribution is -2.10. The molecule has 0 spiro atoms. The molecular weight excluding hydrogens is 133 g/mol. The topological polar surface area (TPSA) is 15.8 Å². The van der Waals surface area contributed by atoms with Gasteiger partial charge in [0.05, 0.1) is 0 Å². The van der Waals surface area contributed by atoms with Crippen molar-refractivity contribution >= 4 is 18.9 Å². The van der Waals surface area contributed by atoms with E-state index in [0.29, 0.717) is 0 Å². The minimum Gasteiger partial charge on any atom is -0.367 e. The molecule has 1 nitrogen and oxygen atoms in total. The van der Waals surface area contributed by atoms with Gasteiger partial charge in [-0.2, -0.15) is 0 Å². The molecule has 1 aliphatic rings. The van der Waals surface area contributed by atoms with Crippen molar-refractivity contribution in [3.05, 3.63) is 23.4 Å².